The molecule has 2 aromatic rings. The third kappa shape index (κ3) is 3.12. The summed E-state index contributed by atoms with van der Waals surface area (Å²) in [6.45, 7) is 1.98. The monoisotopic (exact) mass is 268 g/mol. The molecule has 2 rings (SSSR count). The quantitative estimate of drug-likeness (QED) is 0.477. The van der Waals surface area contributed by atoms with Crippen LogP contribution in [0.3, 0.4) is 0 Å². The molecule has 0 aliphatic rings. The second kappa shape index (κ2) is 5.85. The van der Waals surface area contributed by atoms with E-state index in [0.717, 1.165) is 11.1 Å². The molecule has 5 heteroatoms. The van der Waals surface area contributed by atoms with Crippen LogP contribution in [0.5, 0.6) is 5.88 Å². The number of hydrogen-bond donors (Lipinski definition) is 0. The van der Waals surface area contributed by atoms with E-state index in [0.29, 0.717) is 5.88 Å². The van der Waals surface area contributed by atoms with E-state index in [1.807, 2.05) is 31.2 Å². The zero-order chi connectivity index (χ0) is 14.5. The average Bonchev–Trinajstić information content (AvgIpc) is 2.46. The van der Waals surface area contributed by atoms with E-state index in [4.69, 9.17) is 4.74 Å². The van der Waals surface area contributed by atoms with Crippen LogP contribution < -0.4 is 4.74 Å². The third-order valence-corrected chi connectivity index (χ3v) is 2.63. The normalized spacial score (nSPS) is 9.50. The fraction of sp³-hybridized carbons (Fsp3) is 0.133. The molecule has 0 bridgehead atoms. The highest BCUT2D eigenvalue weighted by molar-refractivity contribution is 5.51. The second-order valence-electron chi connectivity index (χ2n) is 4.09. The Hall–Kier alpha value is -2.87. The molecule has 100 valence electrons. The van der Waals surface area contributed by atoms with Crippen LogP contribution >= 0.6 is 0 Å². The Labute approximate surface area is 116 Å². The number of aryl methyl sites for hydroxylation is 1. The Balaban J connectivity index is 2.42. The summed E-state index contributed by atoms with van der Waals surface area (Å²) in [5.74, 6) is 5.88. The van der Waals surface area contributed by atoms with E-state index in [9.17, 15) is 10.1 Å². The van der Waals surface area contributed by atoms with Gasteiger partial charge in [-0.05, 0) is 25.0 Å². The molecule has 0 saturated carbocycles. The molecule has 0 N–H and O–H groups in total. The molecule has 1 aromatic carbocycles. The maximum absolute atomic E-state index is 10.9. The predicted molar refractivity (Wildman–Crippen MR) is 74.6 cm³/mol. The Kier molecular flexibility index (Phi) is 3.96. The Morgan fingerprint density at radius 3 is 2.45 bits per heavy atom. The maximum atomic E-state index is 10.9. The van der Waals surface area contributed by atoms with Crippen molar-refractivity contribution in [3.05, 3.63) is 63.3 Å². The van der Waals surface area contributed by atoms with Gasteiger partial charge in [0, 0.05) is 17.7 Å². The number of aromatic nitrogens is 1. The van der Waals surface area contributed by atoms with E-state index in [1.165, 1.54) is 19.2 Å². The van der Waals surface area contributed by atoms with Gasteiger partial charge in [-0.1, -0.05) is 23.6 Å². The minimum absolute atomic E-state index is 0.0925. The van der Waals surface area contributed by atoms with Crippen molar-refractivity contribution < 1.29 is 9.66 Å². The number of hydrogen-bond acceptors (Lipinski definition) is 4. The average molecular weight is 268 g/mol. The van der Waals surface area contributed by atoms with Gasteiger partial charge in [0.05, 0.1) is 12.0 Å². The highest BCUT2D eigenvalue weighted by Crippen LogP contribution is 2.19. The van der Waals surface area contributed by atoms with Gasteiger partial charge in [0.2, 0.25) is 5.88 Å². The first kappa shape index (κ1) is 13.6. The van der Waals surface area contributed by atoms with E-state index < -0.39 is 4.92 Å². The molecule has 1 aromatic heterocycles. The summed E-state index contributed by atoms with van der Waals surface area (Å²) >= 11 is 0. The van der Waals surface area contributed by atoms with Gasteiger partial charge in [0.15, 0.2) is 5.69 Å². The first-order valence-electron chi connectivity index (χ1n) is 5.88. The van der Waals surface area contributed by atoms with Gasteiger partial charge >= 0.3 is 5.69 Å². The molecular formula is C15H12N2O3. The smallest absolute Gasteiger partial charge is 0.303 e. The molecular weight excluding hydrogens is 256 g/mol. The van der Waals surface area contributed by atoms with Crippen LogP contribution in [0.1, 0.15) is 16.8 Å². The van der Waals surface area contributed by atoms with Crippen molar-refractivity contribution in [2.45, 2.75) is 6.92 Å². The van der Waals surface area contributed by atoms with Gasteiger partial charge < -0.3 is 4.74 Å². The van der Waals surface area contributed by atoms with Gasteiger partial charge in [-0.15, -0.1) is 0 Å². The Morgan fingerprint density at radius 2 is 1.85 bits per heavy atom. The minimum Gasteiger partial charge on any atom is -0.481 e. The van der Waals surface area contributed by atoms with Crippen LogP contribution in [0.2, 0.25) is 0 Å². The van der Waals surface area contributed by atoms with Crippen LogP contribution in [0.15, 0.2) is 36.4 Å². The van der Waals surface area contributed by atoms with Crippen molar-refractivity contribution in [1.82, 2.24) is 4.98 Å². The van der Waals surface area contributed by atoms with Crippen LogP contribution in [-0.4, -0.2) is 17.0 Å². The first-order valence-corrected chi connectivity index (χ1v) is 5.88. The number of pyridine rings is 1. The van der Waals surface area contributed by atoms with Crippen molar-refractivity contribution >= 4 is 5.69 Å². The van der Waals surface area contributed by atoms with E-state index in [1.54, 1.807) is 0 Å². The zero-order valence-electron chi connectivity index (χ0n) is 11.1. The molecule has 0 saturated heterocycles. The number of nitro groups is 1. The lowest BCUT2D eigenvalue weighted by atomic mass is 10.1. The van der Waals surface area contributed by atoms with E-state index in [2.05, 4.69) is 16.8 Å². The SMILES string of the molecule is COc1ccc([N+](=O)[O-])c(C#Cc2ccc(C)cc2)n1. The summed E-state index contributed by atoms with van der Waals surface area (Å²) in [5, 5.41) is 10.9. The molecule has 0 amide bonds. The molecule has 0 unspecified atom stereocenters. The summed E-state index contributed by atoms with van der Waals surface area (Å²) in [6, 6.07) is 10.3. The second-order valence-corrected chi connectivity index (χ2v) is 4.09. The molecule has 0 radical (unpaired) electrons. The minimum atomic E-state index is -0.508. The van der Waals surface area contributed by atoms with Crippen molar-refractivity contribution in [1.29, 1.82) is 0 Å². The Bertz CT molecular complexity index is 697. The van der Waals surface area contributed by atoms with Crippen LogP contribution in [0.4, 0.5) is 5.69 Å². The molecule has 0 spiro atoms. The number of benzene rings is 1. The van der Waals surface area contributed by atoms with Crippen LogP contribution in [0, 0.1) is 28.9 Å². The standard InChI is InChI=1S/C15H12N2O3/c1-11-3-5-12(6-4-11)7-8-13-14(17(18)19)9-10-15(16-13)20-2/h3-6,9-10H,1-2H3. The van der Waals surface area contributed by atoms with Gasteiger partial charge in [-0.2, -0.15) is 4.98 Å². The summed E-state index contributed by atoms with van der Waals surface area (Å²) in [6.07, 6.45) is 0. The molecule has 1 heterocycles. The summed E-state index contributed by atoms with van der Waals surface area (Å²) < 4.78 is 4.96. The van der Waals surface area contributed by atoms with Gasteiger partial charge in [0.25, 0.3) is 0 Å². The number of nitrogens with zero attached hydrogens (tertiary/aromatic N) is 2. The Morgan fingerprint density at radius 1 is 1.15 bits per heavy atom. The lowest BCUT2D eigenvalue weighted by Gasteiger charge is -1.99. The fourth-order valence-corrected chi connectivity index (χ4v) is 1.56. The molecule has 0 atom stereocenters. The number of methoxy groups -OCH3 is 1. The third-order valence-electron chi connectivity index (χ3n) is 2.63. The van der Waals surface area contributed by atoms with E-state index in [-0.39, 0.29) is 11.4 Å². The van der Waals surface area contributed by atoms with Crippen molar-refractivity contribution in [3.63, 3.8) is 0 Å². The zero-order valence-corrected chi connectivity index (χ0v) is 11.1. The lowest BCUT2D eigenvalue weighted by molar-refractivity contribution is -0.385. The highest BCUT2D eigenvalue weighted by Gasteiger charge is 2.14. The summed E-state index contributed by atoms with van der Waals surface area (Å²) in [5.41, 5.74) is 1.86. The first-order chi connectivity index (χ1) is 9.60. The van der Waals surface area contributed by atoms with Gasteiger partial charge in [0.1, 0.15) is 0 Å². The largest absolute Gasteiger partial charge is 0.481 e. The molecule has 0 aliphatic heterocycles. The van der Waals surface area contributed by atoms with Crippen molar-refractivity contribution in [3.8, 4) is 17.7 Å². The maximum Gasteiger partial charge on any atom is 0.303 e. The van der Waals surface area contributed by atoms with Gasteiger partial charge in [-0.3, -0.25) is 10.1 Å². The lowest BCUT2D eigenvalue weighted by Crippen LogP contribution is -1.97. The summed E-state index contributed by atoms with van der Waals surface area (Å²) in [7, 11) is 1.45. The predicted octanol–water partition coefficient (Wildman–Crippen LogP) is 2.71. The topological polar surface area (TPSA) is 65.3 Å². The number of ether oxygens (including phenoxy) is 1. The van der Waals surface area contributed by atoms with Gasteiger partial charge in [-0.25, -0.2) is 0 Å². The molecule has 0 fully saturated rings. The molecule has 5 nitrogen and oxygen atoms in total. The van der Waals surface area contributed by atoms with Crippen molar-refractivity contribution in [2.24, 2.45) is 0 Å². The highest BCUT2D eigenvalue weighted by atomic mass is 16.6. The molecule has 0 aliphatic carbocycles. The van der Waals surface area contributed by atoms with Crippen LogP contribution in [0.25, 0.3) is 0 Å². The number of rotatable bonds is 2. The van der Waals surface area contributed by atoms with Crippen LogP contribution in [-0.2, 0) is 0 Å². The summed E-state index contributed by atoms with van der Waals surface area (Å²) in [4.78, 5) is 14.4. The fourth-order valence-electron chi connectivity index (χ4n) is 1.56. The van der Waals surface area contributed by atoms with Crippen molar-refractivity contribution in [2.75, 3.05) is 7.11 Å². The molecule has 20 heavy (non-hydrogen) atoms. The van der Waals surface area contributed by atoms with E-state index >= 15 is 0 Å².